The molecule has 0 radical (unpaired) electrons. The topological polar surface area (TPSA) is 62.5 Å². The second-order valence-electron chi connectivity index (χ2n) is 8.55. The molecule has 7 heteroatoms. The fourth-order valence-electron chi connectivity index (χ4n) is 4.45. The predicted octanol–water partition coefficient (Wildman–Crippen LogP) is 5.50. The van der Waals surface area contributed by atoms with Crippen molar-refractivity contribution in [2.75, 3.05) is 7.05 Å². The highest BCUT2D eigenvalue weighted by Gasteiger charge is 2.25. The highest BCUT2D eigenvalue weighted by molar-refractivity contribution is 6.34. The van der Waals surface area contributed by atoms with Gasteiger partial charge >= 0.3 is 5.97 Å². The predicted molar refractivity (Wildman–Crippen MR) is 125 cm³/mol. The molecule has 0 saturated heterocycles. The minimum atomic E-state index is -0.957. The minimum absolute atomic E-state index is 0.109. The highest BCUT2D eigenvalue weighted by Crippen LogP contribution is 2.30. The van der Waals surface area contributed by atoms with E-state index in [1.54, 1.807) is 28.8 Å². The van der Waals surface area contributed by atoms with Gasteiger partial charge in [-0.2, -0.15) is 0 Å². The number of benzene rings is 1. The van der Waals surface area contributed by atoms with Gasteiger partial charge in [0, 0.05) is 19.1 Å². The Bertz CT molecular complexity index is 966. The normalized spacial score (nSPS) is 15.9. The first-order valence-corrected chi connectivity index (χ1v) is 11.6. The number of pyridine rings is 1. The van der Waals surface area contributed by atoms with Crippen LogP contribution in [0.5, 0.6) is 0 Å². The van der Waals surface area contributed by atoms with E-state index in [9.17, 15) is 9.59 Å². The number of carboxylic acid groups (broad SMARTS) is 1. The van der Waals surface area contributed by atoms with Gasteiger partial charge < -0.3 is 9.67 Å². The average molecular weight is 465 g/mol. The van der Waals surface area contributed by atoms with Gasteiger partial charge in [0.1, 0.15) is 5.02 Å². The molecule has 3 rings (SSSR count). The smallest absolute Gasteiger partial charge is 0.335 e. The van der Waals surface area contributed by atoms with Crippen molar-refractivity contribution in [1.82, 2.24) is 9.47 Å². The lowest BCUT2D eigenvalue weighted by Crippen LogP contribution is -2.38. The number of rotatable bonds is 8. The molecule has 1 fully saturated rings. The van der Waals surface area contributed by atoms with Gasteiger partial charge in [0.2, 0.25) is 0 Å². The number of hydrogen-bond acceptors (Lipinski definition) is 3. The van der Waals surface area contributed by atoms with Crippen molar-refractivity contribution >= 4 is 29.2 Å². The van der Waals surface area contributed by atoms with E-state index in [4.69, 9.17) is 28.3 Å². The van der Waals surface area contributed by atoms with Crippen LogP contribution in [0.2, 0.25) is 10.0 Å². The van der Waals surface area contributed by atoms with Gasteiger partial charge in [0.05, 0.1) is 16.3 Å². The van der Waals surface area contributed by atoms with Crippen LogP contribution in [-0.2, 0) is 19.5 Å². The summed E-state index contributed by atoms with van der Waals surface area (Å²) in [6, 6.07) is 8.64. The third-order valence-corrected chi connectivity index (χ3v) is 7.15. The van der Waals surface area contributed by atoms with Crippen LogP contribution >= 0.6 is 23.2 Å². The Balaban J connectivity index is 1.79. The average Bonchev–Trinajstić information content (AvgIpc) is 2.77. The van der Waals surface area contributed by atoms with Gasteiger partial charge in [0.15, 0.2) is 0 Å². The Morgan fingerprint density at radius 2 is 1.81 bits per heavy atom. The number of aromatic nitrogens is 1. The molecule has 0 unspecified atom stereocenters. The van der Waals surface area contributed by atoms with Gasteiger partial charge in [0.25, 0.3) is 5.56 Å². The number of carbonyl (C=O) groups is 1. The fraction of sp³-hybridized carbons (Fsp3) is 0.500. The number of aryl methyl sites for hydroxylation is 1. The quantitative estimate of drug-likeness (QED) is 0.560. The Morgan fingerprint density at radius 3 is 2.42 bits per heavy atom. The Morgan fingerprint density at radius 1 is 1.16 bits per heavy atom. The second kappa shape index (κ2) is 10.7. The molecule has 0 amide bonds. The van der Waals surface area contributed by atoms with Gasteiger partial charge in [-0.1, -0.05) is 54.6 Å². The lowest BCUT2D eigenvalue weighted by molar-refractivity contribution is 0.0697. The Labute approximate surface area is 193 Å². The van der Waals surface area contributed by atoms with E-state index in [0.717, 1.165) is 11.3 Å². The van der Waals surface area contributed by atoms with Crippen molar-refractivity contribution in [3.05, 3.63) is 67.6 Å². The zero-order chi connectivity index (χ0) is 22.5. The van der Waals surface area contributed by atoms with E-state index < -0.39 is 5.97 Å². The van der Waals surface area contributed by atoms with Crippen LogP contribution in [0.15, 0.2) is 35.1 Å². The number of hydrogen-bond donors (Lipinski definition) is 1. The van der Waals surface area contributed by atoms with E-state index in [1.807, 2.05) is 0 Å². The molecule has 1 aromatic carbocycles. The van der Waals surface area contributed by atoms with E-state index in [2.05, 4.69) is 18.9 Å². The molecule has 1 aromatic heterocycles. The van der Waals surface area contributed by atoms with Crippen molar-refractivity contribution in [2.45, 2.75) is 64.6 Å². The van der Waals surface area contributed by atoms with Crippen LogP contribution in [0.4, 0.5) is 0 Å². The van der Waals surface area contributed by atoms with Gasteiger partial charge in [-0.3, -0.25) is 9.69 Å². The zero-order valence-electron chi connectivity index (χ0n) is 18.1. The maximum absolute atomic E-state index is 12.8. The van der Waals surface area contributed by atoms with Crippen LogP contribution in [0.3, 0.4) is 0 Å². The number of carboxylic acids is 1. The summed E-state index contributed by atoms with van der Waals surface area (Å²) in [7, 11) is 2.09. The van der Waals surface area contributed by atoms with Crippen LogP contribution in [0.25, 0.3) is 0 Å². The third kappa shape index (κ3) is 5.91. The minimum Gasteiger partial charge on any atom is -0.478 e. The molecule has 1 heterocycles. The maximum atomic E-state index is 12.8. The van der Waals surface area contributed by atoms with Crippen LogP contribution in [-0.4, -0.2) is 33.6 Å². The van der Waals surface area contributed by atoms with Crippen LogP contribution in [0.1, 0.15) is 60.6 Å². The van der Waals surface area contributed by atoms with E-state index >= 15 is 0 Å². The summed E-state index contributed by atoms with van der Waals surface area (Å²) in [6.07, 6.45) is 6.97. The monoisotopic (exact) mass is 464 g/mol. The lowest BCUT2D eigenvalue weighted by Gasteiger charge is -2.35. The Kier molecular flexibility index (Phi) is 8.20. The molecule has 168 valence electrons. The number of halogens is 2. The molecular weight excluding hydrogens is 435 g/mol. The summed E-state index contributed by atoms with van der Waals surface area (Å²) in [5.74, 6) is -0.292. The molecule has 2 aromatic rings. The largest absolute Gasteiger partial charge is 0.478 e. The number of aromatic carboxylic acids is 1. The van der Waals surface area contributed by atoms with Crippen molar-refractivity contribution in [2.24, 2.45) is 5.92 Å². The van der Waals surface area contributed by atoms with Crippen LogP contribution in [0, 0.1) is 5.92 Å². The summed E-state index contributed by atoms with van der Waals surface area (Å²) in [6.45, 7) is 3.25. The molecule has 31 heavy (non-hydrogen) atoms. The van der Waals surface area contributed by atoms with Crippen molar-refractivity contribution < 1.29 is 9.90 Å². The summed E-state index contributed by atoms with van der Waals surface area (Å²) < 4.78 is 1.67. The molecule has 0 bridgehead atoms. The second-order valence-corrected chi connectivity index (χ2v) is 9.36. The lowest BCUT2D eigenvalue weighted by atomic mass is 9.84. The molecule has 5 nitrogen and oxygen atoms in total. The first-order chi connectivity index (χ1) is 14.8. The van der Waals surface area contributed by atoms with E-state index in [0.29, 0.717) is 36.5 Å². The van der Waals surface area contributed by atoms with E-state index in [-0.39, 0.29) is 16.1 Å². The molecular formula is C24H30Cl2N2O3. The summed E-state index contributed by atoms with van der Waals surface area (Å²) in [5.41, 5.74) is 1.71. The molecule has 1 aliphatic carbocycles. The highest BCUT2D eigenvalue weighted by atomic mass is 35.5. The molecule has 1 aliphatic rings. The SMILES string of the molecule is C[C@@H](C1CCCCC1)N(C)Cc1c(Cl)cc(Cl)c(=O)n1CCc1ccc(C(=O)O)cc1. The summed E-state index contributed by atoms with van der Waals surface area (Å²) in [4.78, 5) is 26.2. The fourth-order valence-corrected chi connectivity index (χ4v) is 4.98. The third-order valence-electron chi connectivity index (χ3n) is 6.56. The summed E-state index contributed by atoms with van der Waals surface area (Å²) in [5, 5.41) is 9.66. The standard InChI is InChI=1S/C24H30Cl2N2O3/c1-16(18-6-4-3-5-7-18)27(2)15-22-20(25)14-21(26)23(29)28(22)13-12-17-8-10-19(11-9-17)24(30)31/h8-11,14,16,18H,3-7,12-13,15H2,1-2H3,(H,30,31)/t16-/m0/s1. The Hall–Kier alpha value is -1.82. The number of nitrogens with zero attached hydrogens (tertiary/aromatic N) is 2. The maximum Gasteiger partial charge on any atom is 0.335 e. The molecule has 1 saturated carbocycles. The van der Waals surface area contributed by atoms with Gasteiger partial charge in [-0.15, -0.1) is 0 Å². The van der Waals surface area contributed by atoms with Crippen LogP contribution < -0.4 is 5.56 Å². The molecule has 0 spiro atoms. The van der Waals surface area contributed by atoms with E-state index in [1.165, 1.54) is 38.2 Å². The van der Waals surface area contributed by atoms with Crippen molar-refractivity contribution in [3.8, 4) is 0 Å². The van der Waals surface area contributed by atoms with Gasteiger partial charge in [-0.25, -0.2) is 4.79 Å². The van der Waals surface area contributed by atoms with Crippen molar-refractivity contribution in [1.29, 1.82) is 0 Å². The van der Waals surface area contributed by atoms with Gasteiger partial charge in [-0.05, 0) is 62.9 Å². The zero-order valence-corrected chi connectivity index (χ0v) is 19.6. The summed E-state index contributed by atoms with van der Waals surface area (Å²) >= 11 is 12.7. The molecule has 0 aliphatic heterocycles. The first kappa shape index (κ1) is 23.8. The van der Waals surface area contributed by atoms with Crippen molar-refractivity contribution in [3.63, 3.8) is 0 Å². The molecule has 1 atom stereocenters. The first-order valence-electron chi connectivity index (χ1n) is 10.9. The molecule has 1 N–H and O–H groups in total.